The fourth-order valence-corrected chi connectivity index (χ4v) is 1.79. The number of aryl methyl sites for hydroxylation is 2. The summed E-state index contributed by atoms with van der Waals surface area (Å²) in [5, 5.41) is 12.5. The summed E-state index contributed by atoms with van der Waals surface area (Å²) in [6.07, 6.45) is 2.00. The van der Waals surface area contributed by atoms with Gasteiger partial charge in [-0.15, -0.1) is 0 Å². The van der Waals surface area contributed by atoms with Crippen molar-refractivity contribution >= 4 is 11.6 Å². The summed E-state index contributed by atoms with van der Waals surface area (Å²) < 4.78 is 0. The first-order chi connectivity index (χ1) is 8.67. The zero-order valence-corrected chi connectivity index (χ0v) is 10.6. The van der Waals surface area contributed by atoms with Gasteiger partial charge in [0.05, 0.1) is 0 Å². The molecular formula is C14H17N3O. The van der Waals surface area contributed by atoms with Crippen molar-refractivity contribution in [2.45, 2.75) is 26.7 Å². The Morgan fingerprint density at radius 2 is 2.06 bits per heavy atom. The minimum Gasteiger partial charge on any atom is -0.508 e. The SMILES string of the molecule is CCCc1cc(C)nc(Nc2cccc(O)c2)n1. The molecule has 0 saturated carbocycles. The standard InChI is InChI=1S/C14H17N3O/c1-3-5-11-8-10(2)15-14(16-11)17-12-6-4-7-13(18)9-12/h4,6-9,18H,3,5H2,1-2H3,(H,15,16,17). The average Bonchev–Trinajstić information content (AvgIpc) is 2.28. The number of benzene rings is 1. The van der Waals surface area contributed by atoms with Gasteiger partial charge >= 0.3 is 0 Å². The van der Waals surface area contributed by atoms with Gasteiger partial charge in [-0.1, -0.05) is 19.4 Å². The van der Waals surface area contributed by atoms with Gasteiger partial charge in [0.2, 0.25) is 5.95 Å². The maximum absolute atomic E-state index is 9.40. The minimum absolute atomic E-state index is 0.224. The topological polar surface area (TPSA) is 58.0 Å². The molecule has 0 aliphatic rings. The fraction of sp³-hybridized carbons (Fsp3) is 0.286. The lowest BCUT2D eigenvalue weighted by molar-refractivity contribution is 0.475. The molecule has 1 aromatic carbocycles. The Morgan fingerprint density at radius 1 is 1.22 bits per heavy atom. The number of hydrogen-bond acceptors (Lipinski definition) is 4. The van der Waals surface area contributed by atoms with E-state index in [9.17, 15) is 5.11 Å². The van der Waals surface area contributed by atoms with Crippen LogP contribution in [0, 0.1) is 6.92 Å². The van der Waals surface area contributed by atoms with Gasteiger partial charge < -0.3 is 10.4 Å². The van der Waals surface area contributed by atoms with E-state index in [1.54, 1.807) is 18.2 Å². The fourth-order valence-electron chi connectivity index (χ4n) is 1.79. The van der Waals surface area contributed by atoms with Gasteiger partial charge in [0, 0.05) is 23.1 Å². The zero-order chi connectivity index (χ0) is 13.0. The number of hydrogen-bond donors (Lipinski definition) is 2. The van der Waals surface area contributed by atoms with Gasteiger partial charge in [0.25, 0.3) is 0 Å². The molecule has 4 heteroatoms. The number of phenols is 1. The molecule has 0 unspecified atom stereocenters. The molecule has 18 heavy (non-hydrogen) atoms. The van der Waals surface area contributed by atoms with Crippen LogP contribution in [0.4, 0.5) is 11.6 Å². The number of aromatic hydroxyl groups is 1. The highest BCUT2D eigenvalue weighted by molar-refractivity contribution is 5.55. The molecule has 0 aliphatic carbocycles. The van der Waals surface area contributed by atoms with Crippen LogP contribution in [0.3, 0.4) is 0 Å². The number of nitrogens with one attached hydrogen (secondary N) is 1. The summed E-state index contributed by atoms with van der Waals surface area (Å²) in [7, 11) is 0. The zero-order valence-electron chi connectivity index (χ0n) is 10.6. The molecule has 4 nitrogen and oxygen atoms in total. The molecule has 0 saturated heterocycles. The average molecular weight is 243 g/mol. The van der Waals surface area contributed by atoms with Gasteiger partial charge in [-0.3, -0.25) is 0 Å². The summed E-state index contributed by atoms with van der Waals surface area (Å²) in [5.74, 6) is 0.797. The maximum atomic E-state index is 9.40. The molecule has 0 spiro atoms. The van der Waals surface area contributed by atoms with Crippen LogP contribution in [-0.2, 0) is 6.42 Å². The second-order valence-corrected chi connectivity index (χ2v) is 4.25. The molecule has 0 atom stereocenters. The van der Waals surface area contributed by atoms with Crippen molar-refractivity contribution in [1.29, 1.82) is 0 Å². The van der Waals surface area contributed by atoms with Crippen molar-refractivity contribution in [3.05, 3.63) is 41.7 Å². The lowest BCUT2D eigenvalue weighted by atomic mass is 10.2. The molecule has 0 aliphatic heterocycles. The molecule has 0 fully saturated rings. The monoisotopic (exact) mass is 243 g/mol. The first-order valence-electron chi connectivity index (χ1n) is 6.08. The minimum atomic E-state index is 0.224. The van der Waals surface area contributed by atoms with Gasteiger partial charge in [-0.05, 0) is 31.5 Å². The predicted molar refractivity (Wildman–Crippen MR) is 72.2 cm³/mol. The highest BCUT2D eigenvalue weighted by Gasteiger charge is 2.02. The number of rotatable bonds is 4. The lowest BCUT2D eigenvalue weighted by Gasteiger charge is -2.08. The van der Waals surface area contributed by atoms with E-state index in [0.717, 1.165) is 29.9 Å². The van der Waals surface area contributed by atoms with Crippen molar-refractivity contribution in [3.8, 4) is 5.75 Å². The number of aromatic nitrogens is 2. The van der Waals surface area contributed by atoms with E-state index in [1.165, 1.54) is 0 Å². The van der Waals surface area contributed by atoms with Crippen molar-refractivity contribution < 1.29 is 5.11 Å². The smallest absolute Gasteiger partial charge is 0.227 e. The van der Waals surface area contributed by atoms with Crippen LogP contribution in [0.2, 0.25) is 0 Å². The molecule has 1 aromatic heterocycles. The summed E-state index contributed by atoms with van der Waals surface area (Å²) in [6, 6.07) is 8.92. The third kappa shape index (κ3) is 3.20. The van der Waals surface area contributed by atoms with Crippen molar-refractivity contribution in [2.75, 3.05) is 5.32 Å². The van der Waals surface area contributed by atoms with Crippen LogP contribution in [-0.4, -0.2) is 15.1 Å². The first-order valence-corrected chi connectivity index (χ1v) is 6.08. The van der Waals surface area contributed by atoms with Crippen molar-refractivity contribution in [2.24, 2.45) is 0 Å². The highest BCUT2D eigenvalue weighted by Crippen LogP contribution is 2.19. The Hall–Kier alpha value is -2.10. The van der Waals surface area contributed by atoms with Crippen molar-refractivity contribution in [3.63, 3.8) is 0 Å². The van der Waals surface area contributed by atoms with Crippen LogP contribution in [0.1, 0.15) is 24.7 Å². The van der Waals surface area contributed by atoms with E-state index < -0.39 is 0 Å². The summed E-state index contributed by atoms with van der Waals surface area (Å²) in [6.45, 7) is 4.08. The molecule has 2 N–H and O–H groups in total. The van der Waals surface area contributed by atoms with Crippen LogP contribution in [0.5, 0.6) is 5.75 Å². The largest absolute Gasteiger partial charge is 0.508 e. The van der Waals surface area contributed by atoms with E-state index in [2.05, 4.69) is 22.2 Å². The van der Waals surface area contributed by atoms with Gasteiger partial charge in [-0.25, -0.2) is 9.97 Å². The Labute approximate surface area is 107 Å². The third-order valence-corrected chi connectivity index (χ3v) is 2.52. The molecule has 1 heterocycles. The molecule has 94 valence electrons. The molecule has 2 rings (SSSR count). The van der Waals surface area contributed by atoms with Crippen molar-refractivity contribution in [1.82, 2.24) is 9.97 Å². The van der Waals surface area contributed by atoms with Crippen LogP contribution >= 0.6 is 0 Å². The summed E-state index contributed by atoms with van der Waals surface area (Å²) in [5.41, 5.74) is 2.76. The maximum Gasteiger partial charge on any atom is 0.227 e. The third-order valence-electron chi connectivity index (χ3n) is 2.52. The number of nitrogens with zero attached hydrogens (tertiary/aromatic N) is 2. The molecule has 0 amide bonds. The van der Waals surface area contributed by atoms with Gasteiger partial charge in [0.15, 0.2) is 0 Å². The quantitative estimate of drug-likeness (QED) is 0.865. The Morgan fingerprint density at radius 3 is 2.78 bits per heavy atom. The number of anilines is 2. The normalized spacial score (nSPS) is 10.3. The molecule has 2 aromatic rings. The predicted octanol–water partition coefficient (Wildman–Crippen LogP) is 3.19. The molecule has 0 radical (unpaired) electrons. The van der Waals surface area contributed by atoms with Crippen LogP contribution < -0.4 is 5.32 Å². The van der Waals surface area contributed by atoms with Crippen LogP contribution in [0.25, 0.3) is 0 Å². The summed E-state index contributed by atoms with van der Waals surface area (Å²) in [4.78, 5) is 8.78. The Balaban J connectivity index is 2.23. The number of phenolic OH excluding ortho intramolecular Hbond substituents is 1. The van der Waals surface area contributed by atoms with E-state index in [0.29, 0.717) is 5.95 Å². The van der Waals surface area contributed by atoms with E-state index in [1.807, 2.05) is 19.1 Å². The highest BCUT2D eigenvalue weighted by atomic mass is 16.3. The summed E-state index contributed by atoms with van der Waals surface area (Å²) >= 11 is 0. The first kappa shape index (κ1) is 12.4. The Bertz CT molecular complexity index is 540. The molecule has 0 bridgehead atoms. The van der Waals surface area contributed by atoms with Gasteiger partial charge in [0.1, 0.15) is 5.75 Å². The molecular weight excluding hydrogens is 226 g/mol. The second kappa shape index (κ2) is 5.49. The van der Waals surface area contributed by atoms with E-state index in [-0.39, 0.29) is 5.75 Å². The Kier molecular flexibility index (Phi) is 3.77. The van der Waals surface area contributed by atoms with Crippen LogP contribution in [0.15, 0.2) is 30.3 Å². The second-order valence-electron chi connectivity index (χ2n) is 4.25. The van der Waals surface area contributed by atoms with E-state index in [4.69, 9.17) is 0 Å². The lowest BCUT2D eigenvalue weighted by Crippen LogP contribution is -2.01. The van der Waals surface area contributed by atoms with Gasteiger partial charge in [-0.2, -0.15) is 0 Å². The van der Waals surface area contributed by atoms with E-state index >= 15 is 0 Å².